The van der Waals surface area contributed by atoms with Gasteiger partial charge in [-0.05, 0) is 49.4 Å². The van der Waals surface area contributed by atoms with Crippen molar-refractivity contribution in [2.75, 3.05) is 11.9 Å². The van der Waals surface area contributed by atoms with E-state index in [1.165, 1.54) is 36.9 Å². The molecule has 2 heteroatoms. The Morgan fingerprint density at radius 3 is 2.53 bits per heavy atom. The lowest BCUT2D eigenvalue weighted by Gasteiger charge is -2.32. The molecular weight excluding hydrogens is 208 g/mol. The zero-order valence-corrected chi connectivity index (χ0v) is 10.8. The Hall–Kier alpha value is -1.02. The standard InChI is InChI=1S/C15H24N2/c1-2-12-7-9-14(10-8-12)17-15-6-4-3-5-13(15)11-16/h7-10,13,15,17H,2-6,11,16H2,1H3. The molecule has 0 spiro atoms. The summed E-state index contributed by atoms with van der Waals surface area (Å²) >= 11 is 0. The summed E-state index contributed by atoms with van der Waals surface area (Å²) in [6.45, 7) is 3.00. The highest BCUT2D eigenvalue weighted by atomic mass is 14.9. The zero-order valence-electron chi connectivity index (χ0n) is 10.8. The second-order valence-electron chi connectivity index (χ2n) is 5.08. The Labute approximate surface area is 105 Å². The van der Waals surface area contributed by atoms with E-state index in [4.69, 9.17) is 5.73 Å². The van der Waals surface area contributed by atoms with Crippen LogP contribution in [0.1, 0.15) is 38.2 Å². The van der Waals surface area contributed by atoms with Crippen molar-refractivity contribution in [1.29, 1.82) is 0 Å². The van der Waals surface area contributed by atoms with Crippen LogP contribution in [0.25, 0.3) is 0 Å². The van der Waals surface area contributed by atoms with Gasteiger partial charge in [-0.1, -0.05) is 31.9 Å². The van der Waals surface area contributed by atoms with Gasteiger partial charge in [0.2, 0.25) is 0 Å². The van der Waals surface area contributed by atoms with Gasteiger partial charge in [-0.2, -0.15) is 0 Å². The predicted octanol–water partition coefficient (Wildman–Crippen LogP) is 3.18. The minimum Gasteiger partial charge on any atom is -0.382 e. The highest BCUT2D eigenvalue weighted by Crippen LogP contribution is 2.26. The number of nitrogens with two attached hydrogens (primary N) is 1. The molecule has 2 rings (SSSR count). The molecule has 1 aliphatic carbocycles. The van der Waals surface area contributed by atoms with Gasteiger partial charge in [0, 0.05) is 11.7 Å². The van der Waals surface area contributed by atoms with Crippen molar-refractivity contribution < 1.29 is 0 Å². The monoisotopic (exact) mass is 232 g/mol. The first-order valence-corrected chi connectivity index (χ1v) is 6.89. The van der Waals surface area contributed by atoms with Crippen LogP contribution in [0.15, 0.2) is 24.3 Å². The molecule has 17 heavy (non-hydrogen) atoms. The van der Waals surface area contributed by atoms with E-state index >= 15 is 0 Å². The van der Waals surface area contributed by atoms with E-state index in [-0.39, 0.29) is 0 Å². The van der Waals surface area contributed by atoms with Gasteiger partial charge in [0.05, 0.1) is 0 Å². The van der Waals surface area contributed by atoms with Crippen LogP contribution in [0, 0.1) is 5.92 Å². The molecule has 1 aliphatic rings. The van der Waals surface area contributed by atoms with Crippen LogP contribution in [0.5, 0.6) is 0 Å². The highest BCUT2D eigenvalue weighted by molar-refractivity contribution is 5.45. The fourth-order valence-electron chi connectivity index (χ4n) is 2.73. The fraction of sp³-hybridized carbons (Fsp3) is 0.600. The SMILES string of the molecule is CCc1ccc(NC2CCCCC2CN)cc1. The summed E-state index contributed by atoms with van der Waals surface area (Å²) in [5.74, 6) is 0.648. The van der Waals surface area contributed by atoms with Crippen molar-refractivity contribution >= 4 is 5.69 Å². The number of anilines is 1. The number of aryl methyl sites for hydroxylation is 1. The molecule has 1 aromatic rings. The minimum absolute atomic E-state index is 0.571. The van der Waals surface area contributed by atoms with E-state index in [0.29, 0.717) is 12.0 Å². The van der Waals surface area contributed by atoms with Crippen molar-refractivity contribution in [2.24, 2.45) is 11.7 Å². The first-order valence-electron chi connectivity index (χ1n) is 6.89. The van der Waals surface area contributed by atoms with Crippen LogP contribution in [-0.2, 0) is 6.42 Å². The molecule has 94 valence electrons. The Balaban J connectivity index is 1.98. The molecule has 2 nitrogen and oxygen atoms in total. The predicted molar refractivity (Wildman–Crippen MR) is 74.2 cm³/mol. The number of benzene rings is 1. The molecule has 0 radical (unpaired) electrons. The lowest BCUT2D eigenvalue weighted by Crippen LogP contribution is -2.36. The van der Waals surface area contributed by atoms with E-state index in [9.17, 15) is 0 Å². The summed E-state index contributed by atoms with van der Waals surface area (Å²) in [7, 11) is 0. The molecule has 1 saturated carbocycles. The van der Waals surface area contributed by atoms with E-state index in [1.807, 2.05) is 0 Å². The topological polar surface area (TPSA) is 38.0 Å². The van der Waals surface area contributed by atoms with Gasteiger partial charge >= 0.3 is 0 Å². The van der Waals surface area contributed by atoms with Crippen molar-refractivity contribution in [2.45, 2.75) is 45.1 Å². The maximum absolute atomic E-state index is 5.85. The highest BCUT2D eigenvalue weighted by Gasteiger charge is 2.23. The van der Waals surface area contributed by atoms with Crippen molar-refractivity contribution in [1.82, 2.24) is 0 Å². The van der Waals surface area contributed by atoms with E-state index in [1.54, 1.807) is 0 Å². The van der Waals surface area contributed by atoms with Gasteiger partial charge in [0.25, 0.3) is 0 Å². The fourth-order valence-corrected chi connectivity index (χ4v) is 2.73. The van der Waals surface area contributed by atoms with Crippen molar-refractivity contribution in [3.05, 3.63) is 29.8 Å². The summed E-state index contributed by atoms with van der Waals surface area (Å²) in [5.41, 5.74) is 8.49. The van der Waals surface area contributed by atoms with Crippen LogP contribution in [-0.4, -0.2) is 12.6 Å². The number of nitrogens with one attached hydrogen (secondary N) is 1. The number of hydrogen-bond acceptors (Lipinski definition) is 2. The summed E-state index contributed by atoms with van der Waals surface area (Å²) in [6.07, 6.45) is 6.32. The maximum Gasteiger partial charge on any atom is 0.0342 e. The summed E-state index contributed by atoms with van der Waals surface area (Å²) in [5, 5.41) is 3.65. The van der Waals surface area contributed by atoms with Crippen LogP contribution < -0.4 is 11.1 Å². The average Bonchev–Trinajstić information content (AvgIpc) is 2.40. The lowest BCUT2D eigenvalue weighted by molar-refractivity contribution is 0.332. The van der Waals surface area contributed by atoms with Gasteiger partial charge in [0.1, 0.15) is 0 Å². The lowest BCUT2D eigenvalue weighted by atomic mass is 9.84. The third-order valence-corrected chi connectivity index (χ3v) is 3.93. The minimum atomic E-state index is 0.571. The first-order chi connectivity index (χ1) is 8.33. The molecule has 1 aromatic carbocycles. The maximum atomic E-state index is 5.85. The summed E-state index contributed by atoms with van der Waals surface area (Å²) < 4.78 is 0. The third kappa shape index (κ3) is 3.22. The average molecular weight is 232 g/mol. The van der Waals surface area contributed by atoms with E-state index in [2.05, 4.69) is 36.5 Å². The van der Waals surface area contributed by atoms with Crippen LogP contribution in [0.3, 0.4) is 0 Å². The Bertz CT molecular complexity index is 331. The molecule has 0 saturated heterocycles. The molecule has 3 N–H and O–H groups in total. The van der Waals surface area contributed by atoms with E-state index < -0.39 is 0 Å². The smallest absolute Gasteiger partial charge is 0.0342 e. The van der Waals surface area contributed by atoms with Gasteiger partial charge < -0.3 is 11.1 Å². The normalized spacial score (nSPS) is 24.6. The summed E-state index contributed by atoms with van der Waals surface area (Å²) in [6, 6.07) is 9.38. The molecule has 0 aromatic heterocycles. The molecule has 1 fully saturated rings. The first kappa shape index (κ1) is 12.4. The molecule has 0 heterocycles. The molecule has 0 aliphatic heterocycles. The van der Waals surface area contributed by atoms with Crippen molar-refractivity contribution in [3.63, 3.8) is 0 Å². The van der Waals surface area contributed by atoms with Crippen LogP contribution in [0.4, 0.5) is 5.69 Å². The van der Waals surface area contributed by atoms with Gasteiger partial charge in [-0.3, -0.25) is 0 Å². The molecule has 0 bridgehead atoms. The van der Waals surface area contributed by atoms with Gasteiger partial charge in [-0.15, -0.1) is 0 Å². The van der Waals surface area contributed by atoms with Gasteiger partial charge in [-0.25, -0.2) is 0 Å². The Kier molecular flexibility index (Phi) is 4.43. The van der Waals surface area contributed by atoms with Crippen LogP contribution >= 0.6 is 0 Å². The Morgan fingerprint density at radius 2 is 1.88 bits per heavy atom. The molecular formula is C15H24N2. The zero-order chi connectivity index (χ0) is 12.1. The Morgan fingerprint density at radius 1 is 1.18 bits per heavy atom. The molecule has 2 atom stereocenters. The second kappa shape index (κ2) is 6.06. The number of hydrogen-bond donors (Lipinski definition) is 2. The molecule has 0 amide bonds. The van der Waals surface area contributed by atoms with Gasteiger partial charge in [0.15, 0.2) is 0 Å². The quantitative estimate of drug-likeness (QED) is 0.836. The summed E-state index contributed by atoms with van der Waals surface area (Å²) in [4.78, 5) is 0. The van der Waals surface area contributed by atoms with E-state index in [0.717, 1.165) is 13.0 Å². The third-order valence-electron chi connectivity index (χ3n) is 3.93. The molecule has 2 unspecified atom stereocenters. The largest absolute Gasteiger partial charge is 0.382 e. The van der Waals surface area contributed by atoms with Crippen LogP contribution in [0.2, 0.25) is 0 Å². The second-order valence-corrected chi connectivity index (χ2v) is 5.08. The van der Waals surface area contributed by atoms with Crippen molar-refractivity contribution in [3.8, 4) is 0 Å². The number of rotatable bonds is 4.